The lowest BCUT2D eigenvalue weighted by atomic mass is 10.0. The topological polar surface area (TPSA) is 24.5 Å². The van der Waals surface area contributed by atoms with Gasteiger partial charge in [0.2, 0.25) is 0 Å². The summed E-state index contributed by atoms with van der Waals surface area (Å²) in [6, 6.07) is 0.540. The van der Waals surface area contributed by atoms with Gasteiger partial charge in [0.05, 0.1) is 12.7 Å². The van der Waals surface area contributed by atoms with Gasteiger partial charge in [-0.05, 0) is 26.4 Å². The Kier molecular flexibility index (Phi) is 6.22. The highest BCUT2D eigenvalue weighted by molar-refractivity contribution is 4.81. The zero-order chi connectivity index (χ0) is 11.1. The van der Waals surface area contributed by atoms with Crippen molar-refractivity contribution in [3.63, 3.8) is 0 Å². The first kappa shape index (κ1) is 12.9. The first-order valence-corrected chi connectivity index (χ1v) is 6.31. The van der Waals surface area contributed by atoms with Crippen LogP contribution in [-0.2, 0) is 4.74 Å². The van der Waals surface area contributed by atoms with Crippen molar-refractivity contribution in [2.45, 2.75) is 45.3 Å². The molecule has 0 spiro atoms. The maximum Gasteiger partial charge on any atom is 0.0855 e. The third-order valence-corrected chi connectivity index (χ3v) is 3.00. The predicted molar refractivity (Wildman–Crippen MR) is 64.2 cm³/mol. The van der Waals surface area contributed by atoms with Crippen molar-refractivity contribution in [1.29, 1.82) is 0 Å². The third kappa shape index (κ3) is 4.49. The van der Waals surface area contributed by atoms with E-state index in [9.17, 15) is 0 Å². The maximum atomic E-state index is 5.86. The van der Waals surface area contributed by atoms with Gasteiger partial charge in [0.1, 0.15) is 0 Å². The molecule has 1 aliphatic rings. The summed E-state index contributed by atoms with van der Waals surface area (Å²) < 4.78 is 5.86. The number of morpholine rings is 1. The standard InChI is InChI=1S/C12H26N2O/c1-4-6-11(13-7-5-2)12-10-14(3)8-9-15-12/h11-13H,4-10H2,1-3H3. The van der Waals surface area contributed by atoms with Crippen LogP contribution in [0, 0.1) is 0 Å². The molecule has 3 nitrogen and oxygen atoms in total. The number of rotatable bonds is 6. The predicted octanol–water partition coefficient (Wildman–Crippen LogP) is 1.49. The van der Waals surface area contributed by atoms with Gasteiger partial charge >= 0.3 is 0 Å². The van der Waals surface area contributed by atoms with Crippen LogP contribution in [0.15, 0.2) is 0 Å². The highest BCUT2D eigenvalue weighted by Crippen LogP contribution is 2.11. The van der Waals surface area contributed by atoms with Crippen LogP contribution in [0.1, 0.15) is 33.1 Å². The largest absolute Gasteiger partial charge is 0.374 e. The Labute approximate surface area is 94.2 Å². The average Bonchev–Trinajstić information content (AvgIpc) is 2.24. The summed E-state index contributed by atoms with van der Waals surface area (Å²) in [7, 11) is 2.18. The van der Waals surface area contributed by atoms with Crippen LogP contribution in [0.3, 0.4) is 0 Å². The minimum absolute atomic E-state index is 0.384. The number of likely N-dealkylation sites (N-methyl/N-ethyl adjacent to an activating group) is 1. The van der Waals surface area contributed by atoms with E-state index in [0.29, 0.717) is 12.1 Å². The lowest BCUT2D eigenvalue weighted by Crippen LogP contribution is -2.51. The maximum absolute atomic E-state index is 5.86. The van der Waals surface area contributed by atoms with E-state index in [1.165, 1.54) is 19.3 Å². The van der Waals surface area contributed by atoms with E-state index in [4.69, 9.17) is 4.74 Å². The van der Waals surface area contributed by atoms with E-state index in [2.05, 4.69) is 31.1 Å². The number of hydrogen-bond acceptors (Lipinski definition) is 3. The van der Waals surface area contributed by atoms with Crippen molar-refractivity contribution < 1.29 is 4.74 Å². The fourth-order valence-corrected chi connectivity index (χ4v) is 2.11. The van der Waals surface area contributed by atoms with Gasteiger partial charge in [-0.3, -0.25) is 0 Å². The Morgan fingerprint density at radius 3 is 2.80 bits per heavy atom. The monoisotopic (exact) mass is 214 g/mol. The van der Waals surface area contributed by atoms with Gasteiger partial charge in [-0.25, -0.2) is 0 Å². The number of nitrogens with zero attached hydrogens (tertiary/aromatic N) is 1. The summed E-state index contributed by atoms with van der Waals surface area (Å²) in [6.07, 6.45) is 4.03. The first-order valence-electron chi connectivity index (χ1n) is 6.31. The molecule has 1 aliphatic heterocycles. The van der Waals surface area contributed by atoms with E-state index in [1.54, 1.807) is 0 Å². The van der Waals surface area contributed by atoms with Crippen LogP contribution in [0.25, 0.3) is 0 Å². The summed E-state index contributed by atoms with van der Waals surface area (Å²) in [5, 5.41) is 3.61. The van der Waals surface area contributed by atoms with E-state index < -0.39 is 0 Å². The van der Waals surface area contributed by atoms with Crippen LogP contribution in [0.5, 0.6) is 0 Å². The summed E-state index contributed by atoms with van der Waals surface area (Å²) >= 11 is 0. The van der Waals surface area contributed by atoms with Gasteiger partial charge in [0.25, 0.3) is 0 Å². The zero-order valence-corrected chi connectivity index (χ0v) is 10.5. The van der Waals surface area contributed by atoms with Crippen LogP contribution < -0.4 is 5.32 Å². The molecular formula is C12H26N2O. The molecule has 3 heteroatoms. The quantitative estimate of drug-likeness (QED) is 0.725. The van der Waals surface area contributed by atoms with Crippen LogP contribution in [-0.4, -0.2) is 50.3 Å². The van der Waals surface area contributed by atoms with Crippen molar-refractivity contribution in [2.75, 3.05) is 33.3 Å². The van der Waals surface area contributed by atoms with E-state index in [1.807, 2.05) is 0 Å². The minimum atomic E-state index is 0.384. The molecule has 0 aromatic rings. The molecule has 1 heterocycles. The number of ether oxygens (including phenoxy) is 1. The van der Waals surface area contributed by atoms with Crippen molar-refractivity contribution >= 4 is 0 Å². The molecule has 0 aromatic carbocycles. The van der Waals surface area contributed by atoms with Crippen molar-refractivity contribution in [3.8, 4) is 0 Å². The van der Waals surface area contributed by atoms with Gasteiger partial charge in [-0.2, -0.15) is 0 Å². The number of nitrogens with one attached hydrogen (secondary N) is 1. The molecule has 0 aliphatic carbocycles. The third-order valence-electron chi connectivity index (χ3n) is 3.00. The molecule has 90 valence electrons. The molecule has 1 saturated heterocycles. The molecule has 0 aromatic heterocycles. The molecule has 0 bridgehead atoms. The fraction of sp³-hybridized carbons (Fsp3) is 1.00. The van der Waals surface area contributed by atoms with Gasteiger partial charge < -0.3 is 15.0 Å². The fourth-order valence-electron chi connectivity index (χ4n) is 2.11. The Morgan fingerprint density at radius 2 is 2.20 bits per heavy atom. The molecule has 2 unspecified atom stereocenters. The molecule has 2 atom stereocenters. The van der Waals surface area contributed by atoms with Crippen LogP contribution in [0.4, 0.5) is 0 Å². The number of hydrogen-bond donors (Lipinski definition) is 1. The lowest BCUT2D eigenvalue weighted by molar-refractivity contribution is -0.0399. The Hall–Kier alpha value is -0.120. The Bertz CT molecular complexity index is 164. The molecule has 1 N–H and O–H groups in total. The molecule has 1 rings (SSSR count). The SMILES string of the molecule is CCCNC(CCC)C1CN(C)CCO1. The Morgan fingerprint density at radius 1 is 1.40 bits per heavy atom. The van der Waals surface area contributed by atoms with Gasteiger partial charge in [0, 0.05) is 19.1 Å². The second-order valence-electron chi connectivity index (χ2n) is 4.52. The van der Waals surface area contributed by atoms with Crippen molar-refractivity contribution in [1.82, 2.24) is 10.2 Å². The zero-order valence-electron chi connectivity index (χ0n) is 10.5. The molecule has 15 heavy (non-hydrogen) atoms. The van der Waals surface area contributed by atoms with Crippen molar-refractivity contribution in [2.24, 2.45) is 0 Å². The van der Waals surface area contributed by atoms with Crippen LogP contribution in [0.2, 0.25) is 0 Å². The normalized spacial score (nSPS) is 25.4. The minimum Gasteiger partial charge on any atom is -0.374 e. The van der Waals surface area contributed by atoms with Gasteiger partial charge in [-0.1, -0.05) is 20.3 Å². The highest BCUT2D eigenvalue weighted by atomic mass is 16.5. The molecule has 0 saturated carbocycles. The molecule has 0 radical (unpaired) electrons. The second-order valence-corrected chi connectivity index (χ2v) is 4.52. The van der Waals surface area contributed by atoms with Gasteiger partial charge in [-0.15, -0.1) is 0 Å². The van der Waals surface area contributed by atoms with Crippen molar-refractivity contribution in [3.05, 3.63) is 0 Å². The van der Waals surface area contributed by atoms with E-state index >= 15 is 0 Å². The lowest BCUT2D eigenvalue weighted by Gasteiger charge is -2.35. The van der Waals surface area contributed by atoms with Crippen LogP contribution >= 0.6 is 0 Å². The smallest absolute Gasteiger partial charge is 0.0855 e. The Balaban J connectivity index is 2.38. The second kappa shape index (κ2) is 7.20. The van der Waals surface area contributed by atoms with E-state index in [-0.39, 0.29) is 0 Å². The summed E-state index contributed by atoms with van der Waals surface area (Å²) in [6.45, 7) is 8.59. The summed E-state index contributed by atoms with van der Waals surface area (Å²) in [5.41, 5.74) is 0. The molecular weight excluding hydrogens is 188 g/mol. The summed E-state index contributed by atoms with van der Waals surface area (Å²) in [4.78, 5) is 2.37. The highest BCUT2D eigenvalue weighted by Gasteiger charge is 2.25. The first-order chi connectivity index (χ1) is 7.27. The van der Waals surface area contributed by atoms with E-state index in [0.717, 1.165) is 26.2 Å². The molecule has 0 amide bonds. The summed E-state index contributed by atoms with van der Waals surface area (Å²) in [5.74, 6) is 0. The molecule has 1 fully saturated rings. The average molecular weight is 214 g/mol. The van der Waals surface area contributed by atoms with Gasteiger partial charge in [0.15, 0.2) is 0 Å².